The Morgan fingerprint density at radius 2 is 1.79 bits per heavy atom. The quantitative estimate of drug-likeness (QED) is 0.160. The van der Waals surface area contributed by atoms with Crippen molar-refractivity contribution in [2.75, 3.05) is 30.3 Å². The van der Waals surface area contributed by atoms with Gasteiger partial charge in [0.1, 0.15) is 40.7 Å². The minimum absolute atomic E-state index is 0.165. The number of ether oxygens (including phenoxy) is 2. The Morgan fingerprint density at radius 1 is 1.00 bits per heavy atom. The van der Waals surface area contributed by atoms with Crippen LogP contribution in [-0.4, -0.2) is 75.6 Å². The fourth-order valence-electron chi connectivity index (χ4n) is 4.92. The van der Waals surface area contributed by atoms with Crippen LogP contribution in [0, 0.1) is 0 Å². The molecule has 208 valence electrons. The molecule has 39 heavy (non-hydrogen) atoms. The number of aliphatic hydroxyl groups excluding tert-OH is 3. The minimum atomic E-state index is -1.23. The molecule has 5 atom stereocenters. The van der Waals surface area contributed by atoms with Crippen LogP contribution in [0.5, 0.6) is 5.75 Å². The van der Waals surface area contributed by atoms with E-state index in [1.54, 1.807) is 13.0 Å². The summed E-state index contributed by atoms with van der Waals surface area (Å²) in [5, 5.41) is 31.1. The molecule has 3 aliphatic rings. The van der Waals surface area contributed by atoms with Crippen molar-refractivity contribution in [3.63, 3.8) is 0 Å². The third-order valence-electron chi connectivity index (χ3n) is 7.18. The molecular formula is C29H34N2O7S. The molecule has 2 aromatic carbocycles. The van der Waals surface area contributed by atoms with Gasteiger partial charge in [-0.15, -0.1) is 11.8 Å². The molecule has 1 fully saturated rings. The van der Waals surface area contributed by atoms with Gasteiger partial charge in [-0.05, 0) is 63.3 Å². The van der Waals surface area contributed by atoms with Gasteiger partial charge in [-0.2, -0.15) is 0 Å². The molecule has 9 nitrogen and oxygen atoms in total. The Labute approximate surface area is 230 Å². The molecule has 1 saturated heterocycles. The summed E-state index contributed by atoms with van der Waals surface area (Å²) in [4.78, 5) is 20.0. The van der Waals surface area contributed by atoms with Gasteiger partial charge in [-0.25, -0.2) is 4.98 Å². The topological polar surface area (TPSA) is 125 Å². The molecule has 5 rings (SSSR count). The largest absolute Gasteiger partial charge is 0.494 e. The van der Waals surface area contributed by atoms with Crippen molar-refractivity contribution in [1.29, 1.82) is 0 Å². The lowest BCUT2D eigenvalue weighted by Gasteiger charge is -2.39. The smallest absolute Gasteiger partial charge is 0.190 e. The maximum absolute atomic E-state index is 13.0. The summed E-state index contributed by atoms with van der Waals surface area (Å²) in [6.45, 7) is 8.04. The Balaban J connectivity index is 1.28. The van der Waals surface area contributed by atoms with E-state index >= 15 is 0 Å². The maximum atomic E-state index is 13.0. The Kier molecular flexibility index (Phi) is 8.29. The highest BCUT2D eigenvalue weighted by atomic mass is 32.2. The van der Waals surface area contributed by atoms with Crippen LogP contribution in [-0.2, 0) is 4.74 Å². The van der Waals surface area contributed by atoms with Gasteiger partial charge in [0.25, 0.3) is 0 Å². The molecule has 1 aliphatic carbocycles. The van der Waals surface area contributed by atoms with Crippen molar-refractivity contribution >= 4 is 39.3 Å². The van der Waals surface area contributed by atoms with E-state index in [2.05, 4.69) is 18.7 Å². The minimum Gasteiger partial charge on any atom is -0.494 e. The monoisotopic (exact) mass is 554 g/mol. The summed E-state index contributed by atoms with van der Waals surface area (Å²) in [7, 11) is 0. The van der Waals surface area contributed by atoms with Crippen LogP contribution in [0.2, 0.25) is 0 Å². The molecule has 2 aliphatic heterocycles. The number of rotatable bonds is 9. The first-order valence-corrected chi connectivity index (χ1v) is 14.4. The van der Waals surface area contributed by atoms with Gasteiger partial charge in [0.05, 0.1) is 12.7 Å². The third kappa shape index (κ3) is 5.57. The van der Waals surface area contributed by atoms with Gasteiger partial charge in [0.15, 0.2) is 16.8 Å². The highest BCUT2D eigenvalue weighted by Crippen LogP contribution is 2.33. The van der Waals surface area contributed by atoms with Crippen LogP contribution in [0.1, 0.15) is 27.2 Å². The highest BCUT2D eigenvalue weighted by Gasteiger charge is 2.41. The number of hydrogen-bond acceptors (Lipinski definition) is 10. The summed E-state index contributed by atoms with van der Waals surface area (Å²) < 4.78 is 17.6. The van der Waals surface area contributed by atoms with Crippen molar-refractivity contribution in [3.8, 4) is 17.2 Å². The molecule has 0 amide bonds. The van der Waals surface area contributed by atoms with Crippen LogP contribution >= 0.6 is 11.8 Å². The summed E-state index contributed by atoms with van der Waals surface area (Å²) in [5.74, 6) is 1.64. The van der Waals surface area contributed by atoms with Crippen molar-refractivity contribution in [2.45, 2.75) is 57.0 Å². The summed E-state index contributed by atoms with van der Waals surface area (Å²) in [5.41, 5.74) is 2.25. The Hall–Kier alpha value is -2.89. The number of anilines is 1. The van der Waals surface area contributed by atoms with Crippen LogP contribution in [0.25, 0.3) is 33.3 Å². The van der Waals surface area contributed by atoms with Gasteiger partial charge < -0.3 is 34.1 Å². The number of hydrogen-bond donors (Lipinski definition) is 3. The number of aliphatic hydroxyl groups is 3. The molecule has 2 aromatic rings. The van der Waals surface area contributed by atoms with Gasteiger partial charge in [0.2, 0.25) is 0 Å². The number of benzene rings is 3. The SMILES string of the molecule is CCN(CC)c1ccc2nc3c4ccc(OCCCS[C@H]5O[C@@H](C)[C@@H](O)[C@@H](O)[C@@H]5O)cc4c(=O)cc-3oc2c1. The Morgan fingerprint density at radius 3 is 2.56 bits per heavy atom. The maximum Gasteiger partial charge on any atom is 0.190 e. The fraction of sp³-hybridized carbons (Fsp3) is 0.448. The molecule has 0 aromatic heterocycles. The van der Waals surface area contributed by atoms with Crippen molar-refractivity contribution in [3.05, 3.63) is 52.7 Å². The summed E-state index contributed by atoms with van der Waals surface area (Å²) >= 11 is 1.37. The second-order valence-corrected chi connectivity index (χ2v) is 10.9. The average molecular weight is 555 g/mol. The number of nitrogens with zero attached hydrogens (tertiary/aromatic N) is 2. The number of aromatic nitrogens is 1. The number of fused-ring (bicyclic) bond motifs is 4. The van der Waals surface area contributed by atoms with Gasteiger partial charge in [0, 0.05) is 41.7 Å². The lowest BCUT2D eigenvalue weighted by atomic mass is 10.0. The van der Waals surface area contributed by atoms with E-state index in [9.17, 15) is 20.1 Å². The zero-order valence-electron chi connectivity index (χ0n) is 22.2. The molecule has 10 heteroatoms. The van der Waals surface area contributed by atoms with Crippen LogP contribution in [0.3, 0.4) is 0 Å². The first-order valence-electron chi connectivity index (χ1n) is 13.3. The van der Waals surface area contributed by atoms with E-state index in [1.807, 2.05) is 30.3 Å². The number of thioether (sulfide) groups is 1. The molecular weight excluding hydrogens is 520 g/mol. The average Bonchev–Trinajstić information content (AvgIpc) is 2.94. The predicted octanol–water partition coefficient (Wildman–Crippen LogP) is 3.62. The molecule has 0 unspecified atom stereocenters. The van der Waals surface area contributed by atoms with Gasteiger partial charge >= 0.3 is 0 Å². The molecule has 0 spiro atoms. The summed E-state index contributed by atoms with van der Waals surface area (Å²) in [6, 6.07) is 12.8. The van der Waals surface area contributed by atoms with E-state index in [4.69, 9.17) is 18.9 Å². The highest BCUT2D eigenvalue weighted by molar-refractivity contribution is 7.99. The summed E-state index contributed by atoms with van der Waals surface area (Å²) in [6.07, 6.45) is -3.40. The van der Waals surface area contributed by atoms with Gasteiger partial charge in [-0.3, -0.25) is 4.79 Å². The molecule has 0 saturated carbocycles. The van der Waals surface area contributed by atoms with E-state index in [-0.39, 0.29) is 5.43 Å². The predicted molar refractivity (Wildman–Crippen MR) is 153 cm³/mol. The Bertz CT molecular complexity index is 1470. The van der Waals surface area contributed by atoms with Crippen LogP contribution in [0.4, 0.5) is 5.69 Å². The van der Waals surface area contributed by atoms with Crippen molar-refractivity contribution < 1.29 is 29.2 Å². The second-order valence-electron chi connectivity index (χ2n) is 9.72. The molecule has 0 bridgehead atoms. The van der Waals surface area contributed by atoms with Crippen LogP contribution < -0.4 is 15.1 Å². The van der Waals surface area contributed by atoms with Gasteiger partial charge in [-0.1, -0.05) is 0 Å². The van der Waals surface area contributed by atoms with Crippen LogP contribution in [0.15, 0.2) is 51.7 Å². The van der Waals surface area contributed by atoms with E-state index in [0.29, 0.717) is 52.3 Å². The molecule has 3 N–H and O–H groups in total. The van der Waals surface area contributed by atoms with E-state index < -0.39 is 29.9 Å². The lowest BCUT2D eigenvalue weighted by Crippen LogP contribution is -2.55. The molecule has 0 radical (unpaired) electrons. The lowest BCUT2D eigenvalue weighted by molar-refractivity contribution is -0.192. The normalized spacial score (nSPS) is 23.5. The zero-order chi connectivity index (χ0) is 27.7. The molecule has 2 heterocycles. The third-order valence-corrected chi connectivity index (χ3v) is 8.42. The first-order chi connectivity index (χ1) is 18.8. The standard InChI is InChI=1S/C29H34N2O7S/c1-4-31(5-2)17-7-10-21-23(13-17)38-24-15-22(32)20-14-18(8-9-19(20)25(24)30-21)36-11-6-12-39-29-28(35)27(34)26(33)16(3)37-29/h7-10,13-16,26-29,33-35H,4-6,11-12H2,1-3H3/t16-,26+,27+,28-,29+/m0/s1. The second kappa shape index (κ2) is 11.7. The first kappa shape index (κ1) is 27.7. The van der Waals surface area contributed by atoms with Crippen molar-refractivity contribution in [2.24, 2.45) is 0 Å². The fourth-order valence-corrected chi connectivity index (χ4v) is 6.04. The van der Waals surface area contributed by atoms with Crippen molar-refractivity contribution in [1.82, 2.24) is 4.98 Å². The zero-order valence-corrected chi connectivity index (χ0v) is 23.1. The van der Waals surface area contributed by atoms with E-state index in [0.717, 1.165) is 24.3 Å². The van der Waals surface area contributed by atoms with E-state index in [1.165, 1.54) is 17.8 Å².